The predicted octanol–water partition coefficient (Wildman–Crippen LogP) is 9.54. The number of ether oxygens (including phenoxy) is 4. The number of nitrogens with one attached hydrogen (secondary N) is 10. The highest BCUT2D eigenvalue weighted by Crippen LogP contribution is 2.42. The van der Waals surface area contributed by atoms with Gasteiger partial charge in [-0.1, -0.05) is 163 Å². The van der Waals surface area contributed by atoms with E-state index in [0.717, 1.165) is 165 Å². The summed E-state index contributed by atoms with van der Waals surface area (Å²) in [5.41, 5.74) is 17.3. The molecule has 612 valence electrons. The van der Waals surface area contributed by atoms with E-state index in [1.807, 2.05) is 12.1 Å². The number of nitrogens with two attached hydrogens (primary N) is 2. The largest absolute Gasteiger partial charge is 0.493 e. The highest BCUT2D eigenvalue weighted by atomic mass is 16.5. The summed E-state index contributed by atoms with van der Waals surface area (Å²) in [5.74, 6) is 3.08. The molecule has 116 heavy (non-hydrogen) atoms. The summed E-state index contributed by atoms with van der Waals surface area (Å²) in [6.07, 6.45) is 12.7. The van der Waals surface area contributed by atoms with Crippen molar-refractivity contribution in [3.63, 3.8) is 0 Å². The van der Waals surface area contributed by atoms with E-state index in [-0.39, 0.29) is 36.6 Å². The number of nitrogen functional groups attached to an aromatic ring is 2. The summed E-state index contributed by atoms with van der Waals surface area (Å²) in [6.45, 7) is 11.9. The summed E-state index contributed by atoms with van der Waals surface area (Å²) in [5, 5.41) is 19.4. The fourth-order valence-electron chi connectivity index (χ4n) is 14.0. The molecule has 32 nitrogen and oxygen atoms in total. The number of para-hydroxylation sites is 2. The van der Waals surface area contributed by atoms with Crippen LogP contribution in [0, 0.1) is 0 Å². The summed E-state index contributed by atoms with van der Waals surface area (Å²) >= 11 is 0. The van der Waals surface area contributed by atoms with Crippen molar-refractivity contribution in [1.82, 2.24) is 69.6 Å². The van der Waals surface area contributed by atoms with Crippen LogP contribution >= 0.6 is 0 Å². The van der Waals surface area contributed by atoms with Crippen molar-refractivity contribution in [3.05, 3.63) is 240 Å². The van der Waals surface area contributed by atoms with Crippen molar-refractivity contribution in [2.45, 2.75) is 168 Å². The van der Waals surface area contributed by atoms with Crippen molar-refractivity contribution < 1.29 is 28.5 Å². The number of nitrogens with zero attached hydrogens (tertiary/aromatic N) is 8. The van der Waals surface area contributed by atoms with E-state index >= 15 is 0 Å². The molecule has 4 aromatic heterocycles. The zero-order valence-electron chi connectivity index (χ0n) is 66.1. The number of hydrogen-bond acceptors (Lipinski definition) is 24. The van der Waals surface area contributed by atoms with Gasteiger partial charge in [0.2, 0.25) is 47.5 Å². The Morgan fingerprint density at radius 3 is 0.991 bits per heavy atom. The standard InChI is InChI=1S/C84H104N20O12/c1-5-39-113-67-55-31-25-32-56(67)46-60-50-64(92-78-96-74(86)94-76(98-78)90-38-24-14-10-12-22-36-88-72(106)66(44-54-29-19-16-20-30-54)104-83(111)101-80(108)102-84(104)112)52-62(70(60)116-42-8-4)48-58-34-26-33-57(68(58)114-40-6-2)47-61-51-63(49-59(45-55)69(61)115-41-7-3)91-77-95-73(85)93-75(97-77)89-37-23-13-9-11-21-35-87-71(105)65(43-53-27-17-15-18-28-53)103-81(109)99-79(107)100-82(103)110/h15-20,25-34,49-52,65-66H,5-14,21-24,35-48H2,1-4H3,(H,87,105)(H,88,106)(H2,99,100,107,109,110)(H2,101,102,108,111,112)(H4,85,89,91,93,95,97)(H4,86,90,92,94,96,98). The topological polar surface area (TPSA) is 448 Å². The molecular formula is C84H104N20O12. The van der Waals surface area contributed by atoms with Gasteiger partial charge in [-0.15, -0.1) is 0 Å². The van der Waals surface area contributed by atoms with E-state index in [0.29, 0.717) is 114 Å². The second kappa shape index (κ2) is 42.3. The fourth-order valence-corrected chi connectivity index (χ4v) is 14.0. The van der Waals surface area contributed by atoms with Gasteiger partial charge in [0.1, 0.15) is 35.1 Å². The van der Waals surface area contributed by atoms with Gasteiger partial charge < -0.3 is 62.3 Å². The van der Waals surface area contributed by atoms with Gasteiger partial charge >= 0.3 is 34.1 Å². The summed E-state index contributed by atoms with van der Waals surface area (Å²) in [7, 11) is 0. The molecule has 4 heterocycles. The molecule has 8 bridgehead atoms. The monoisotopic (exact) mass is 1580 g/mol. The minimum absolute atomic E-state index is 0.0217. The molecule has 0 fully saturated rings. The Kier molecular flexibility index (Phi) is 30.6. The Morgan fingerprint density at radius 1 is 0.379 bits per heavy atom. The normalized spacial score (nSPS) is 12.2. The number of aromatic nitrogens is 12. The third-order valence-corrected chi connectivity index (χ3v) is 19.4. The maximum Gasteiger partial charge on any atom is 0.334 e. The van der Waals surface area contributed by atoms with Crippen LogP contribution in [0.5, 0.6) is 23.0 Å². The zero-order chi connectivity index (χ0) is 81.7. The molecular weight excluding hydrogens is 1480 g/mol. The maximum atomic E-state index is 13.5. The number of carbonyl (C=O) groups is 2. The van der Waals surface area contributed by atoms with Crippen molar-refractivity contribution in [2.24, 2.45) is 0 Å². The first-order valence-electron chi connectivity index (χ1n) is 40.1. The number of H-pyrrole nitrogens is 4. The first-order chi connectivity index (χ1) is 56.4. The molecule has 1 aliphatic carbocycles. The molecule has 0 saturated heterocycles. The quantitative estimate of drug-likeness (QED) is 0.0158. The lowest BCUT2D eigenvalue weighted by Gasteiger charge is -2.24. The van der Waals surface area contributed by atoms with Crippen molar-refractivity contribution in [3.8, 4) is 23.0 Å². The minimum Gasteiger partial charge on any atom is -0.493 e. The zero-order valence-corrected chi connectivity index (χ0v) is 66.1. The average molecular weight is 1590 g/mol. The number of benzene rings is 6. The molecule has 2 unspecified atom stereocenters. The Labute approximate surface area is 670 Å². The number of aromatic amines is 4. The molecule has 2 atom stereocenters. The van der Waals surface area contributed by atoms with Crippen molar-refractivity contribution >= 4 is 58.9 Å². The third kappa shape index (κ3) is 23.6. The van der Waals surface area contributed by atoms with E-state index in [1.54, 1.807) is 48.5 Å². The molecule has 0 spiro atoms. The van der Waals surface area contributed by atoms with Gasteiger partial charge in [0.05, 0.1) is 26.4 Å². The van der Waals surface area contributed by atoms with Crippen LogP contribution in [0.15, 0.2) is 150 Å². The van der Waals surface area contributed by atoms with Crippen LogP contribution < -0.4 is 96.5 Å². The number of amides is 2. The summed E-state index contributed by atoms with van der Waals surface area (Å²) in [6, 6.07) is 36.5. The fraction of sp³-hybridized carbons (Fsp3) is 0.405. The number of rotatable bonds is 42. The van der Waals surface area contributed by atoms with Crippen LogP contribution in [0.25, 0.3) is 0 Å². The predicted molar refractivity (Wildman–Crippen MR) is 447 cm³/mol. The first kappa shape index (κ1) is 84.0. The van der Waals surface area contributed by atoms with Crippen LogP contribution in [0.2, 0.25) is 0 Å². The third-order valence-electron chi connectivity index (χ3n) is 19.4. The van der Waals surface area contributed by atoms with Gasteiger partial charge in [0, 0.05) is 98.3 Å². The van der Waals surface area contributed by atoms with Gasteiger partial charge in [-0.25, -0.2) is 37.9 Å². The van der Waals surface area contributed by atoms with Crippen molar-refractivity contribution in [1.29, 1.82) is 0 Å². The second-order valence-electron chi connectivity index (χ2n) is 28.6. The molecule has 6 aromatic carbocycles. The Hall–Kier alpha value is -12.9. The smallest absolute Gasteiger partial charge is 0.334 e. The average Bonchev–Trinajstić information content (AvgIpc) is 0.773. The molecule has 10 aromatic rings. The highest BCUT2D eigenvalue weighted by Gasteiger charge is 2.29. The number of hydrogen-bond donors (Lipinski definition) is 12. The van der Waals surface area contributed by atoms with Gasteiger partial charge in [-0.05, 0) is 109 Å². The summed E-state index contributed by atoms with van der Waals surface area (Å²) in [4.78, 5) is 138. The van der Waals surface area contributed by atoms with Gasteiger partial charge in [0.25, 0.3) is 0 Å². The van der Waals surface area contributed by atoms with Crippen LogP contribution in [-0.2, 0) is 48.1 Å². The molecule has 0 radical (unpaired) electrons. The van der Waals surface area contributed by atoms with E-state index in [4.69, 9.17) is 40.4 Å². The molecule has 0 saturated carbocycles. The van der Waals surface area contributed by atoms with Gasteiger partial charge in [-0.2, -0.15) is 29.9 Å². The number of anilines is 8. The Balaban J connectivity index is 0.780. The van der Waals surface area contributed by atoms with Gasteiger partial charge in [-0.3, -0.25) is 29.5 Å². The summed E-state index contributed by atoms with van der Waals surface area (Å²) < 4.78 is 29.0. The minimum atomic E-state index is -1.18. The second-order valence-corrected chi connectivity index (χ2v) is 28.6. The maximum absolute atomic E-state index is 13.5. The van der Waals surface area contributed by atoms with E-state index < -0.39 is 58.0 Å². The van der Waals surface area contributed by atoms with Crippen LogP contribution in [0.1, 0.15) is 185 Å². The number of carbonyl (C=O) groups excluding carboxylic acids is 2. The molecule has 32 heteroatoms. The molecule has 2 amide bonds. The van der Waals surface area contributed by atoms with Crippen LogP contribution in [-0.4, -0.2) is 123 Å². The van der Waals surface area contributed by atoms with Crippen LogP contribution in [0.4, 0.5) is 47.1 Å². The SMILES string of the molecule is CCCOc1c2cccc1Cc1cc(Nc3nc(N)nc(NCCCCCCCNC(=O)C(Cc4ccccc4)n4c(=O)[nH]c(=O)[nH]c4=O)n3)cc(c1OCCC)Cc1cccc(c1OCCC)Cc1cc(Nc3nc(N)nc(NCCCCCCCNC(=O)C(Cc4ccccc4)n4c(=O)[nH]c(=O)[nH]c4=O)n3)cc(c1OCCC)C2. The molecule has 14 N–H and O–H groups in total. The van der Waals surface area contributed by atoms with Crippen LogP contribution in [0.3, 0.4) is 0 Å². The lowest BCUT2D eigenvalue weighted by molar-refractivity contribution is -0.125. The first-order valence-corrected chi connectivity index (χ1v) is 40.1. The van der Waals surface area contributed by atoms with E-state index in [1.165, 1.54) is 0 Å². The molecule has 1 aliphatic rings. The highest BCUT2D eigenvalue weighted by molar-refractivity contribution is 5.81. The Morgan fingerprint density at radius 2 is 0.672 bits per heavy atom. The lowest BCUT2D eigenvalue weighted by Crippen LogP contribution is -2.49. The van der Waals surface area contributed by atoms with E-state index in [9.17, 15) is 38.4 Å². The van der Waals surface area contributed by atoms with Gasteiger partial charge in [0.15, 0.2) is 0 Å². The molecule has 0 aliphatic heterocycles. The lowest BCUT2D eigenvalue weighted by atomic mass is 9.90. The Bertz CT molecular complexity index is 4850. The van der Waals surface area contributed by atoms with Crippen molar-refractivity contribution in [2.75, 3.05) is 85.3 Å². The number of unbranched alkanes of at least 4 members (excludes halogenated alkanes) is 8. The number of fused-ring (bicyclic) bond motifs is 8. The molecule has 11 rings (SSSR count). The van der Waals surface area contributed by atoms with E-state index in [2.05, 4.69) is 160 Å².